The number of ether oxygens (including phenoxy) is 2. The van der Waals surface area contributed by atoms with Crippen LogP contribution in [0.2, 0.25) is 0 Å². The number of allylic oxidation sites excluding steroid dienone is 1. The smallest absolute Gasteiger partial charge is 0.317 e. The maximum Gasteiger partial charge on any atom is 0.317 e. The van der Waals surface area contributed by atoms with E-state index in [2.05, 4.69) is 9.72 Å². The lowest BCUT2D eigenvalue weighted by Crippen LogP contribution is -2.36. The zero-order chi connectivity index (χ0) is 28.6. The standard InChI is InChI=1S/C26H32N2O5S.C2H6O.C2H6/c1-28(24(29)19-7-3-2-4-8-19)15-16-32-20-13-11-18(12-14-20)17-23(25(30)31)34-26-27-21-9-5-6-10-22(21)33-26;1-3-2;1-2/h5,9,11-14,19,23H,2-4,6-8,10,15-17H2,1H3,(H,30,31);1-2H3;1-2H3. The highest BCUT2D eigenvalue weighted by Gasteiger charge is 2.25. The number of carbonyl (C=O) groups is 2. The number of thioether (sulfide) groups is 1. The van der Waals surface area contributed by atoms with Gasteiger partial charge in [-0.2, -0.15) is 0 Å². The van der Waals surface area contributed by atoms with Crippen LogP contribution in [0.4, 0.5) is 0 Å². The van der Waals surface area contributed by atoms with E-state index >= 15 is 0 Å². The van der Waals surface area contributed by atoms with Gasteiger partial charge in [-0.1, -0.05) is 63.1 Å². The van der Waals surface area contributed by atoms with Crippen LogP contribution in [-0.2, 0) is 27.2 Å². The number of carboxylic acid groups (broad SMARTS) is 1. The molecule has 1 amide bonds. The molecule has 1 atom stereocenters. The molecule has 1 heterocycles. The third-order valence-corrected chi connectivity index (χ3v) is 7.44. The van der Waals surface area contributed by atoms with Crippen molar-refractivity contribution in [3.8, 4) is 5.75 Å². The monoisotopic (exact) mass is 560 g/mol. The molecule has 1 unspecified atom stereocenters. The quantitative estimate of drug-likeness (QED) is 0.346. The number of likely N-dealkylation sites (N-methyl/N-ethyl adjacent to an activating group) is 1. The van der Waals surface area contributed by atoms with Gasteiger partial charge in [-0.25, -0.2) is 4.98 Å². The number of nitrogens with zero attached hydrogens (tertiary/aromatic N) is 2. The molecule has 4 rings (SSSR count). The normalized spacial score (nSPS) is 15.1. The van der Waals surface area contributed by atoms with Crippen molar-refractivity contribution >= 4 is 29.7 Å². The molecule has 1 N–H and O–H groups in total. The summed E-state index contributed by atoms with van der Waals surface area (Å²) in [6.45, 7) is 4.97. The van der Waals surface area contributed by atoms with E-state index in [4.69, 9.17) is 9.15 Å². The van der Waals surface area contributed by atoms with Crippen LogP contribution in [-0.4, -0.2) is 66.5 Å². The Bertz CT molecular complexity index is 1030. The zero-order valence-corrected chi connectivity index (χ0v) is 24.8. The number of aliphatic carboxylic acids is 1. The summed E-state index contributed by atoms with van der Waals surface area (Å²) in [4.78, 5) is 30.6. The van der Waals surface area contributed by atoms with E-state index in [1.807, 2.05) is 57.3 Å². The predicted molar refractivity (Wildman–Crippen MR) is 155 cm³/mol. The van der Waals surface area contributed by atoms with Crippen LogP contribution >= 0.6 is 11.8 Å². The van der Waals surface area contributed by atoms with Crippen LogP contribution in [0, 0.1) is 5.92 Å². The lowest BCUT2D eigenvalue weighted by molar-refractivity contribution is -0.136. The summed E-state index contributed by atoms with van der Waals surface area (Å²) in [6, 6.07) is 7.45. The van der Waals surface area contributed by atoms with E-state index < -0.39 is 11.2 Å². The van der Waals surface area contributed by atoms with Crippen molar-refractivity contribution in [3.05, 3.63) is 47.4 Å². The maximum atomic E-state index is 12.5. The number of rotatable bonds is 10. The summed E-state index contributed by atoms with van der Waals surface area (Å²) in [5.41, 5.74) is 1.69. The van der Waals surface area contributed by atoms with Crippen molar-refractivity contribution in [3.63, 3.8) is 0 Å². The molecule has 0 bridgehead atoms. The Morgan fingerprint density at radius 3 is 2.44 bits per heavy atom. The topological polar surface area (TPSA) is 102 Å². The fourth-order valence-corrected chi connectivity index (χ4v) is 5.34. The highest BCUT2D eigenvalue weighted by Crippen LogP contribution is 2.30. The second-order valence-corrected chi connectivity index (χ2v) is 10.5. The first-order valence-electron chi connectivity index (χ1n) is 13.8. The molecule has 2 aliphatic carbocycles. The number of amides is 1. The summed E-state index contributed by atoms with van der Waals surface area (Å²) >= 11 is 1.14. The minimum atomic E-state index is -0.900. The minimum absolute atomic E-state index is 0.163. The first-order chi connectivity index (χ1) is 18.9. The summed E-state index contributed by atoms with van der Waals surface area (Å²) in [5.74, 6) is 1.01. The van der Waals surface area contributed by atoms with Crippen molar-refractivity contribution in [2.75, 3.05) is 34.4 Å². The van der Waals surface area contributed by atoms with Crippen molar-refractivity contribution in [2.45, 2.75) is 75.7 Å². The van der Waals surface area contributed by atoms with E-state index in [-0.39, 0.29) is 11.8 Å². The van der Waals surface area contributed by atoms with Crippen LogP contribution < -0.4 is 4.74 Å². The van der Waals surface area contributed by atoms with Gasteiger partial charge in [0.15, 0.2) is 0 Å². The summed E-state index contributed by atoms with van der Waals surface area (Å²) < 4.78 is 15.8. The third kappa shape index (κ3) is 10.7. The first kappa shape index (κ1) is 32.4. The highest BCUT2D eigenvalue weighted by atomic mass is 32.2. The van der Waals surface area contributed by atoms with Crippen LogP contribution in [0.1, 0.15) is 69.4 Å². The molecular formula is C30H44N2O6S. The molecule has 1 fully saturated rings. The SMILES string of the molecule is CC.CN(CCOc1ccc(CC(Sc2nc3c(o2)CCC=C3)C(=O)O)cc1)C(=O)C1CCCCC1.COC. The first-order valence-corrected chi connectivity index (χ1v) is 14.7. The van der Waals surface area contributed by atoms with E-state index in [9.17, 15) is 14.7 Å². The van der Waals surface area contributed by atoms with Crippen LogP contribution in [0.5, 0.6) is 5.75 Å². The Balaban J connectivity index is 0.000000998. The lowest BCUT2D eigenvalue weighted by Gasteiger charge is -2.26. The Morgan fingerprint density at radius 1 is 1.15 bits per heavy atom. The average Bonchev–Trinajstić information content (AvgIpc) is 3.37. The fourth-order valence-electron chi connectivity index (χ4n) is 4.42. The van der Waals surface area contributed by atoms with E-state index in [1.54, 1.807) is 19.1 Å². The van der Waals surface area contributed by atoms with Gasteiger partial charge in [0.2, 0.25) is 5.91 Å². The number of aryl methyl sites for hydroxylation is 1. The highest BCUT2D eigenvalue weighted by molar-refractivity contribution is 8.00. The Labute approximate surface area is 237 Å². The number of hydrogen-bond donors (Lipinski definition) is 1. The average molecular weight is 561 g/mol. The van der Waals surface area contributed by atoms with Gasteiger partial charge < -0.3 is 23.9 Å². The molecule has 0 saturated heterocycles. The molecule has 1 saturated carbocycles. The summed E-state index contributed by atoms with van der Waals surface area (Å²) in [6.07, 6.45) is 11.5. The van der Waals surface area contributed by atoms with Crippen LogP contribution in [0.25, 0.3) is 6.08 Å². The van der Waals surface area contributed by atoms with Crippen LogP contribution in [0.15, 0.2) is 40.0 Å². The van der Waals surface area contributed by atoms with Gasteiger partial charge in [0.1, 0.15) is 29.1 Å². The largest absolute Gasteiger partial charge is 0.492 e. The Hall–Kier alpha value is -2.78. The van der Waals surface area contributed by atoms with Crippen molar-refractivity contribution in [2.24, 2.45) is 5.92 Å². The second kappa shape index (κ2) is 17.7. The molecule has 0 radical (unpaired) electrons. The summed E-state index contributed by atoms with van der Waals surface area (Å²) in [5, 5.41) is 9.40. The predicted octanol–water partition coefficient (Wildman–Crippen LogP) is 6.13. The molecule has 9 heteroatoms. The Morgan fingerprint density at radius 2 is 1.82 bits per heavy atom. The summed E-state index contributed by atoms with van der Waals surface area (Å²) in [7, 11) is 5.09. The number of hydrogen-bond acceptors (Lipinski definition) is 7. The molecule has 39 heavy (non-hydrogen) atoms. The molecule has 1 aromatic heterocycles. The lowest BCUT2D eigenvalue weighted by atomic mass is 9.88. The van der Waals surface area contributed by atoms with Gasteiger partial charge in [-0.05, 0) is 49.5 Å². The van der Waals surface area contributed by atoms with Gasteiger partial charge in [-0.3, -0.25) is 9.59 Å². The van der Waals surface area contributed by atoms with E-state index in [0.717, 1.165) is 67.3 Å². The number of oxazole rings is 1. The maximum absolute atomic E-state index is 12.5. The molecule has 0 spiro atoms. The molecule has 2 aliphatic rings. The van der Waals surface area contributed by atoms with E-state index in [0.29, 0.717) is 30.5 Å². The van der Waals surface area contributed by atoms with Crippen molar-refractivity contribution in [1.82, 2.24) is 9.88 Å². The van der Waals surface area contributed by atoms with Crippen molar-refractivity contribution in [1.29, 1.82) is 0 Å². The molecular weight excluding hydrogens is 516 g/mol. The van der Waals surface area contributed by atoms with E-state index in [1.165, 1.54) is 6.42 Å². The fraction of sp³-hybridized carbons (Fsp3) is 0.567. The van der Waals surface area contributed by atoms with Crippen LogP contribution in [0.3, 0.4) is 0 Å². The molecule has 216 valence electrons. The van der Waals surface area contributed by atoms with Gasteiger partial charge in [-0.15, -0.1) is 0 Å². The second-order valence-electron chi connectivity index (χ2n) is 9.37. The van der Waals surface area contributed by atoms with Crippen molar-refractivity contribution < 1.29 is 28.6 Å². The zero-order valence-electron chi connectivity index (χ0n) is 24.0. The molecule has 0 aliphatic heterocycles. The van der Waals surface area contributed by atoms with Gasteiger partial charge in [0.25, 0.3) is 5.22 Å². The Kier molecular flexibility index (Phi) is 14.8. The van der Waals surface area contributed by atoms with Gasteiger partial charge in [0, 0.05) is 33.6 Å². The number of fused-ring (bicyclic) bond motifs is 1. The number of aromatic nitrogens is 1. The van der Waals surface area contributed by atoms with Gasteiger partial charge >= 0.3 is 5.97 Å². The minimum Gasteiger partial charge on any atom is -0.492 e. The third-order valence-electron chi connectivity index (χ3n) is 6.41. The molecule has 2 aromatic rings. The molecule has 8 nitrogen and oxygen atoms in total. The van der Waals surface area contributed by atoms with Gasteiger partial charge in [0.05, 0.1) is 6.54 Å². The number of carbonyl (C=O) groups excluding carboxylic acids is 1. The number of methoxy groups -OCH3 is 1. The number of carboxylic acids is 1. The molecule has 1 aromatic carbocycles. The number of benzene rings is 1.